The molecule has 1 unspecified atom stereocenters. The lowest BCUT2D eigenvalue weighted by molar-refractivity contribution is -0.385. The van der Waals surface area contributed by atoms with Gasteiger partial charge in [-0.2, -0.15) is 0 Å². The minimum Gasteiger partial charge on any atom is -0.394 e. The first-order valence-electron chi connectivity index (χ1n) is 5.28. The molecule has 0 aliphatic rings. The van der Waals surface area contributed by atoms with Crippen molar-refractivity contribution in [2.24, 2.45) is 0 Å². The van der Waals surface area contributed by atoms with E-state index in [1.165, 1.54) is 17.0 Å². The summed E-state index contributed by atoms with van der Waals surface area (Å²) in [6, 6.07) is 2.94. The van der Waals surface area contributed by atoms with Crippen molar-refractivity contribution >= 4 is 11.4 Å². The maximum Gasteiger partial charge on any atom is 0.270 e. The zero-order valence-corrected chi connectivity index (χ0v) is 10.0. The number of halogens is 2. The molecule has 0 aromatic heterocycles. The maximum atomic E-state index is 12.9. The molecule has 1 rings (SSSR count). The van der Waals surface area contributed by atoms with E-state index in [1.807, 2.05) is 0 Å². The molecule has 5 nitrogen and oxygen atoms in total. The van der Waals surface area contributed by atoms with E-state index in [0.717, 1.165) is 6.07 Å². The van der Waals surface area contributed by atoms with Gasteiger partial charge >= 0.3 is 0 Å². The number of non-ortho nitro benzene ring substituents is 1. The Morgan fingerprint density at radius 3 is 2.56 bits per heavy atom. The van der Waals surface area contributed by atoms with Crippen molar-refractivity contribution in [3.05, 3.63) is 33.9 Å². The third-order valence-electron chi connectivity index (χ3n) is 2.76. The lowest BCUT2D eigenvalue weighted by Gasteiger charge is -2.27. The predicted molar refractivity (Wildman–Crippen MR) is 63.0 cm³/mol. The van der Waals surface area contributed by atoms with E-state index in [0.29, 0.717) is 0 Å². The first-order chi connectivity index (χ1) is 8.38. The first kappa shape index (κ1) is 14.3. The lowest BCUT2D eigenvalue weighted by Crippen LogP contribution is -2.32. The second-order valence-corrected chi connectivity index (χ2v) is 3.94. The van der Waals surface area contributed by atoms with Gasteiger partial charge in [-0.3, -0.25) is 10.1 Å². The van der Waals surface area contributed by atoms with E-state index < -0.39 is 16.9 Å². The quantitative estimate of drug-likeness (QED) is 0.652. The molecule has 0 amide bonds. The zero-order chi connectivity index (χ0) is 13.9. The van der Waals surface area contributed by atoms with E-state index in [9.17, 15) is 18.9 Å². The fourth-order valence-corrected chi connectivity index (χ4v) is 1.51. The van der Waals surface area contributed by atoms with Crippen LogP contribution in [0.1, 0.15) is 18.9 Å². The number of rotatable bonds is 5. The summed E-state index contributed by atoms with van der Waals surface area (Å²) in [6.45, 7) is 1.47. The van der Waals surface area contributed by atoms with Crippen LogP contribution in [0.15, 0.2) is 18.2 Å². The van der Waals surface area contributed by atoms with Crippen molar-refractivity contribution in [2.75, 3.05) is 18.6 Å². The predicted octanol–water partition coefficient (Wildman–Crippen LogP) is 2.35. The number of likely N-dealkylation sites (N-methyl/N-ethyl adjacent to an activating group) is 1. The molecule has 0 heterocycles. The second kappa shape index (κ2) is 5.72. The highest BCUT2D eigenvalue weighted by Crippen LogP contribution is 2.33. The Bertz CT molecular complexity index is 440. The van der Waals surface area contributed by atoms with E-state index in [1.54, 1.807) is 14.0 Å². The molecule has 1 aromatic rings. The Morgan fingerprint density at radius 1 is 1.50 bits per heavy atom. The topological polar surface area (TPSA) is 66.6 Å². The van der Waals surface area contributed by atoms with Crippen LogP contribution in [0, 0.1) is 10.1 Å². The van der Waals surface area contributed by atoms with Crippen LogP contribution in [-0.4, -0.2) is 29.7 Å². The SMILES string of the molecule is CC(CO)N(C)c1ccc([N+](=O)[O-])cc1C(F)F. The number of hydrogen-bond donors (Lipinski definition) is 1. The number of anilines is 1. The van der Waals surface area contributed by atoms with Gasteiger partial charge in [0.2, 0.25) is 0 Å². The summed E-state index contributed by atoms with van der Waals surface area (Å²) in [5, 5.41) is 19.6. The van der Waals surface area contributed by atoms with Gasteiger partial charge in [-0.15, -0.1) is 0 Å². The van der Waals surface area contributed by atoms with E-state index in [4.69, 9.17) is 5.11 Å². The van der Waals surface area contributed by atoms with Crippen LogP contribution in [0.4, 0.5) is 20.2 Å². The minimum atomic E-state index is -2.81. The Kier molecular flexibility index (Phi) is 4.55. The monoisotopic (exact) mass is 260 g/mol. The fourth-order valence-electron chi connectivity index (χ4n) is 1.51. The van der Waals surface area contributed by atoms with Crippen molar-refractivity contribution in [3.8, 4) is 0 Å². The normalized spacial score (nSPS) is 12.6. The molecule has 0 fully saturated rings. The molecule has 18 heavy (non-hydrogen) atoms. The average Bonchev–Trinajstić information content (AvgIpc) is 2.35. The van der Waals surface area contributed by atoms with Gasteiger partial charge in [-0.25, -0.2) is 8.78 Å². The van der Waals surface area contributed by atoms with Crippen LogP contribution < -0.4 is 4.90 Å². The highest BCUT2D eigenvalue weighted by molar-refractivity contribution is 5.58. The van der Waals surface area contributed by atoms with Gasteiger partial charge in [0.1, 0.15) is 0 Å². The number of alkyl halides is 2. The molecule has 0 aliphatic carbocycles. The molecule has 0 radical (unpaired) electrons. The van der Waals surface area contributed by atoms with E-state index in [2.05, 4.69) is 0 Å². The summed E-state index contributed by atoms with van der Waals surface area (Å²) in [5.74, 6) is 0. The summed E-state index contributed by atoms with van der Waals surface area (Å²) in [6.07, 6.45) is -2.81. The molecular formula is C11H14F2N2O3. The van der Waals surface area contributed by atoms with E-state index >= 15 is 0 Å². The molecule has 0 saturated carbocycles. The molecule has 7 heteroatoms. The number of aliphatic hydroxyl groups excluding tert-OH is 1. The number of aliphatic hydroxyl groups is 1. The number of hydrogen-bond acceptors (Lipinski definition) is 4. The van der Waals surface area contributed by atoms with Gasteiger partial charge in [0.15, 0.2) is 0 Å². The van der Waals surface area contributed by atoms with Gasteiger partial charge in [0.05, 0.1) is 11.5 Å². The molecule has 0 bridgehead atoms. The van der Waals surface area contributed by atoms with Gasteiger partial charge < -0.3 is 10.0 Å². The third-order valence-corrected chi connectivity index (χ3v) is 2.76. The van der Waals surface area contributed by atoms with Gasteiger partial charge in [0.25, 0.3) is 12.1 Å². The standard InChI is InChI=1S/C11H14F2N2O3/c1-7(6-16)14(2)10-4-3-8(15(17)18)5-9(10)11(12)13/h3-5,7,11,16H,6H2,1-2H3. The van der Waals surface area contributed by atoms with Crippen molar-refractivity contribution in [1.82, 2.24) is 0 Å². The fraction of sp³-hybridized carbons (Fsp3) is 0.455. The summed E-state index contributed by atoms with van der Waals surface area (Å²) in [4.78, 5) is 11.3. The van der Waals surface area contributed by atoms with Crippen LogP contribution in [-0.2, 0) is 0 Å². The highest BCUT2D eigenvalue weighted by atomic mass is 19.3. The smallest absolute Gasteiger partial charge is 0.270 e. The van der Waals surface area contributed by atoms with Crippen molar-refractivity contribution in [1.29, 1.82) is 0 Å². The van der Waals surface area contributed by atoms with Crippen LogP contribution in [0.3, 0.4) is 0 Å². The Morgan fingerprint density at radius 2 is 2.11 bits per heavy atom. The van der Waals surface area contributed by atoms with Crippen molar-refractivity contribution in [3.63, 3.8) is 0 Å². The second-order valence-electron chi connectivity index (χ2n) is 3.94. The average molecular weight is 260 g/mol. The molecule has 1 N–H and O–H groups in total. The van der Waals surface area contributed by atoms with Gasteiger partial charge in [-0.1, -0.05) is 0 Å². The van der Waals surface area contributed by atoms with Crippen LogP contribution in [0.2, 0.25) is 0 Å². The lowest BCUT2D eigenvalue weighted by atomic mass is 10.1. The van der Waals surface area contributed by atoms with Gasteiger partial charge in [0, 0.05) is 36.5 Å². The maximum absolute atomic E-state index is 12.9. The Hall–Kier alpha value is -1.76. The number of nitro benzene ring substituents is 1. The van der Waals surface area contributed by atoms with Crippen molar-refractivity contribution in [2.45, 2.75) is 19.4 Å². The molecule has 0 aliphatic heterocycles. The Labute approximate surface area is 103 Å². The Balaban J connectivity index is 3.23. The molecule has 1 aromatic carbocycles. The van der Waals surface area contributed by atoms with E-state index in [-0.39, 0.29) is 24.0 Å². The number of nitro groups is 1. The van der Waals surface area contributed by atoms with Crippen LogP contribution in [0.5, 0.6) is 0 Å². The molecule has 0 spiro atoms. The summed E-state index contributed by atoms with van der Waals surface area (Å²) in [7, 11) is 1.55. The molecule has 0 saturated heterocycles. The third kappa shape index (κ3) is 2.92. The molecule has 1 atom stereocenters. The summed E-state index contributed by atoms with van der Waals surface area (Å²) >= 11 is 0. The summed E-state index contributed by atoms with van der Waals surface area (Å²) in [5.41, 5.74) is -0.608. The first-order valence-corrected chi connectivity index (χ1v) is 5.28. The molecule has 100 valence electrons. The largest absolute Gasteiger partial charge is 0.394 e. The van der Waals surface area contributed by atoms with Crippen LogP contribution in [0.25, 0.3) is 0 Å². The highest BCUT2D eigenvalue weighted by Gasteiger charge is 2.21. The number of benzene rings is 1. The molecular weight excluding hydrogens is 246 g/mol. The summed E-state index contributed by atoms with van der Waals surface area (Å²) < 4.78 is 25.8. The zero-order valence-electron chi connectivity index (χ0n) is 10.0. The van der Waals surface area contributed by atoms with Gasteiger partial charge in [-0.05, 0) is 13.0 Å². The van der Waals surface area contributed by atoms with Crippen LogP contribution >= 0.6 is 0 Å². The minimum absolute atomic E-state index is 0.178. The van der Waals surface area contributed by atoms with Crippen molar-refractivity contribution < 1.29 is 18.8 Å². The number of nitrogens with zero attached hydrogens (tertiary/aromatic N) is 2.